The van der Waals surface area contributed by atoms with Crippen molar-refractivity contribution in [3.63, 3.8) is 0 Å². The summed E-state index contributed by atoms with van der Waals surface area (Å²) in [5.74, 6) is 0.281. The second-order valence-electron chi connectivity index (χ2n) is 4.60. The lowest BCUT2D eigenvalue weighted by molar-refractivity contribution is -0.147. The molecule has 2 unspecified atom stereocenters. The highest BCUT2D eigenvalue weighted by Gasteiger charge is 2.29. The number of rotatable bonds is 5. The van der Waals surface area contributed by atoms with Crippen molar-refractivity contribution in [3.8, 4) is 0 Å². The van der Waals surface area contributed by atoms with E-state index in [1.165, 1.54) is 0 Å². The fraction of sp³-hybridized carbons (Fsp3) is 0.769. The van der Waals surface area contributed by atoms with Gasteiger partial charge in [-0.2, -0.15) is 0 Å². The summed E-state index contributed by atoms with van der Waals surface area (Å²) in [4.78, 5) is 11.9. The molecule has 1 aliphatic carbocycles. The van der Waals surface area contributed by atoms with E-state index in [0.29, 0.717) is 18.6 Å². The van der Waals surface area contributed by atoms with Gasteiger partial charge in [-0.25, -0.2) is 0 Å². The molecule has 0 amide bonds. The molecule has 0 aromatic carbocycles. The zero-order chi connectivity index (χ0) is 12.0. The van der Waals surface area contributed by atoms with Gasteiger partial charge in [0.25, 0.3) is 0 Å². The van der Waals surface area contributed by atoms with Gasteiger partial charge >= 0.3 is 5.97 Å². The van der Waals surface area contributed by atoms with Gasteiger partial charge in [0.2, 0.25) is 0 Å². The van der Waals surface area contributed by atoms with Crippen LogP contribution in [-0.2, 0) is 9.53 Å². The van der Waals surface area contributed by atoms with Gasteiger partial charge < -0.3 is 10.1 Å². The fourth-order valence-corrected chi connectivity index (χ4v) is 2.11. The maximum absolute atomic E-state index is 11.9. The number of esters is 1. The van der Waals surface area contributed by atoms with E-state index in [0.717, 1.165) is 19.3 Å². The second-order valence-corrected chi connectivity index (χ2v) is 4.60. The average Bonchev–Trinajstić information content (AvgIpc) is 2.27. The van der Waals surface area contributed by atoms with Gasteiger partial charge in [0.1, 0.15) is 6.04 Å². The van der Waals surface area contributed by atoms with E-state index in [2.05, 4.69) is 31.3 Å². The fourth-order valence-electron chi connectivity index (χ4n) is 2.11. The zero-order valence-electron chi connectivity index (χ0n) is 10.5. The van der Waals surface area contributed by atoms with E-state index < -0.39 is 0 Å². The molecule has 1 aliphatic rings. The smallest absolute Gasteiger partial charge is 0.323 e. The number of carbonyl (C=O) groups is 1. The first-order valence-corrected chi connectivity index (χ1v) is 6.22. The van der Waals surface area contributed by atoms with E-state index in [4.69, 9.17) is 4.74 Å². The first kappa shape index (κ1) is 13.2. The minimum Gasteiger partial charge on any atom is -0.465 e. The highest BCUT2D eigenvalue weighted by Crippen LogP contribution is 2.22. The molecule has 0 bridgehead atoms. The quantitative estimate of drug-likeness (QED) is 0.576. The molecule has 1 N–H and O–H groups in total. The van der Waals surface area contributed by atoms with Crippen molar-refractivity contribution in [3.05, 3.63) is 12.2 Å². The number of ether oxygens (including phenoxy) is 1. The Morgan fingerprint density at radius 2 is 2.25 bits per heavy atom. The van der Waals surface area contributed by atoms with Crippen LogP contribution in [0.25, 0.3) is 0 Å². The first-order chi connectivity index (χ1) is 7.65. The van der Waals surface area contributed by atoms with Crippen LogP contribution in [0.15, 0.2) is 12.2 Å². The Labute approximate surface area is 98.2 Å². The number of nitrogens with one attached hydrogen (secondary N) is 1. The molecule has 92 valence electrons. The zero-order valence-corrected chi connectivity index (χ0v) is 10.5. The molecule has 16 heavy (non-hydrogen) atoms. The summed E-state index contributed by atoms with van der Waals surface area (Å²) in [5, 5.41) is 3.33. The molecule has 0 spiro atoms. The molecule has 0 aromatic rings. The van der Waals surface area contributed by atoms with E-state index in [1.807, 2.05) is 6.92 Å². The van der Waals surface area contributed by atoms with Gasteiger partial charge in [-0.1, -0.05) is 26.0 Å². The largest absolute Gasteiger partial charge is 0.465 e. The Hall–Kier alpha value is -0.830. The predicted molar refractivity (Wildman–Crippen MR) is 65.2 cm³/mol. The monoisotopic (exact) mass is 225 g/mol. The SMILES string of the molecule is CCOC(=O)C(NC(C)C)C1CC=CCC1. The summed E-state index contributed by atoms with van der Waals surface area (Å²) in [5.41, 5.74) is 0. The van der Waals surface area contributed by atoms with Gasteiger partial charge in [0.15, 0.2) is 0 Å². The van der Waals surface area contributed by atoms with Gasteiger partial charge in [0.05, 0.1) is 6.61 Å². The van der Waals surface area contributed by atoms with Crippen LogP contribution in [0, 0.1) is 5.92 Å². The summed E-state index contributed by atoms with van der Waals surface area (Å²) in [6.45, 7) is 6.43. The minimum absolute atomic E-state index is 0.100. The third-order valence-corrected chi connectivity index (χ3v) is 2.83. The standard InChI is InChI=1S/C13H23NO2/c1-4-16-13(15)12(14-10(2)3)11-8-6-5-7-9-11/h5-6,10-12,14H,4,7-9H2,1-3H3. The van der Waals surface area contributed by atoms with Crippen LogP contribution >= 0.6 is 0 Å². The Morgan fingerprint density at radius 3 is 2.75 bits per heavy atom. The molecular formula is C13H23NO2. The van der Waals surface area contributed by atoms with Gasteiger partial charge in [-0.3, -0.25) is 4.79 Å². The molecule has 0 aromatic heterocycles. The summed E-state index contributed by atoms with van der Waals surface area (Å²) in [7, 11) is 0. The summed E-state index contributed by atoms with van der Waals surface area (Å²) >= 11 is 0. The molecule has 1 rings (SSSR count). The van der Waals surface area contributed by atoms with E-state index >= 15 is 0 Å². The Balaban J connectivity index is 2.61. The van der Waals surface area contributed by atoms with Crippen LogP contribution in [0.2, 0.25) is 0 Å². The lowest BCUT2D eigenvalue weighted by Gasteiger charge is -2.28. The number of carbonyl (C=O) groups excluding carboxylic acids is 1. The van der Waals surface area contributed by atoms with Crippen molar-refractivity contribution in [1.29, 1.82) is 0 Å². The maximum atomic E-state index is 11.9. The third-order valence-electron chi connectivity index (χ3n) is 2.83. The van der Waals surface area contributed by atoms with Crippen molar-refractivity contribution < 1.29 is 9.53 Å². The second kappa shape index (κ2) is 6.69. The van der Waals surface area contributed by atoms with Crippen LogP contribution < -0.4 is 5.32 Å². The summed E-state index contributed by atoms with van der Waals surface area (Å²) < 4.78 is 5.13. The Morgan fingerprint density at radius 1 is 1.50 bits per heavy atom. The van der Waals surface area contributed by atoms with E-state index in [9.17, 15) is 4.79 Å². The first-order valence-electron chi connectivity index (χ1n) is 6.22. The number of hydrogen-bond donors (Lipinski definition) is 1. The molecule has 0 heterocycles. The topological polar surface area (TPSA) is 38.3 Å². The van der Waals surface area contributed by atoms with Crippen molar-refractivity contribution in [2.24, 2.45) is 5.92 Å². The van der Waals surface area contributed by atoms with Crippen LogP contribution in [0.5, 0.6) is 0 Å². The summed E-state index contributed by atoms with van der Waals surface area (Å²) in [6, 6.07) is 0.158. The van der Waals surface area contributed by atoms with Crippen molar-refractivity contribution in [1.82, 2.24) is 5.32 Å². The maximum Gasteiger partial charge on any atom is 0.323 e. The van der Waals surface area contributed by atoms with Gasteiger partial charge in [0, 0.05) is 6.04 Å². The molecule has 0 radical (unpaired) electrons. The normalized spacial score (nSPS) is 22.1. The summed E-state index contributed by atoms with van der Waals surface area (Å²) in [6.07, 6.45) is 7.47. The lowest BCUT2D eigenvalue weighted by Crippen LogP contribution is -2.47. The number of hydrogen-bond acceptors (Lipinski definition) is 3. The lowest BCUT2D eigenvalue weighted by atomic mass is 9.87. The molecule has 0 aliphatic heterocycles. The number of allylic oxidation sites excluding steroid dienone is 2. The Kier molecular flexibility index (Phi) is 5.53. The van der Waals surface area contributed by atoms with E-state index in [-0.39, 0.29) is 12.0 Å². The molecule has 0 saturated carbocycles. The van der Waals surface area contributed by atoms with Crippen molar-refractivity contribution in [2.75, 3.05) is 6.61 Å². The van der Waals surface area contributed by atoms with E-state index in [1.54, 1.807) is 0 Å². The predicted octanol–water partition coefficient (Wildman–Crippen LogP) is 2.27. The molecule has 2 atom stereocenters. The molecule has 0 fully saturated rings. The van der Waals surface area contributed by atoms with Gasteiger partial charge in [-0.05, 0) is 32.1 Å². The molecular weight excluding hydrogens is 202 g/mol. The van der Waals surface area contributed by atoms with Crippen LogP contribution in [0.1, 0.15) is 40.0 Å². The van der Waals surface area contributed by atoms with Crippen LogP contribution in [0.3, 0.4) is 0 Å². The molecule has 0 saturated heterocycles. The van der Waals surface area contributed by atoms with Crippen molar-refractivity contribution >= 4 is 5.97 Å². The molecule has 3 nitrogen and oxygen atoms in total. The molecule has 3 heteroatoms. The minimum atomic E-state index is -0.148. The van der Waals surface area contributed by atoms with Crippen LogP contribution in [-0.4, -0.2) is 24.7 Å². The van der Waals surface area contributed by atoms with Crippen molar-refractivity contribution in [2.45, 2.75) is 52.1 Å². The highest BCUT2D eigenvalue weighted by molar-refractivity contribution is 5.76. The average molecular weight is 225 g/mol. The highest BCUT2D eigenvalue weighted by atomic mass is 16.5. The Bertz CT molecular complexity index is 248. The van der Waals surface area contributed by atoms with Gasteiger partial charge in [-0.15, -0.1) is 0 Å². The van der Waals surface area contributed by atoms with Crippen LogP contribution in [0.4, 0.5) is 0 Å². The third kappa shape index (κ3) is 3.97.